The number of fused-ring (bicyclic) bond motifs is 3. The second kappa shape index (κ2) is 7.08. The third-order valence-corrected chi connectivity index (χ3v) is 6.59. The number of ether oxygens (including phenoxy) is 1. The molecule has 0 radical (unpaired) electrons. The lowest BCUT2D eigenvalue weighted by molar-refractivity contribution is -0.136. The Labute approximate surface area is 172 Å². The minimum atomic E-state index is -4.27. The molecule has 0 bridgehead atoms. The molecular formula is C18H11BrFN3O5S. The van der Waals surface area contributed by atoms with Crippen molar-refractivity contribution in [2.24, 2.45) is 0 Å². The fourth-order valence-corrected chi connectivity index (χ4v) is 5.12. The fraction of sp³-hybridized carbons (Fsp3) is 0.0556. The van der Waals surface area contributed by atoms with Crippen LogP contribution in [0.25, 0.3) is 16.6 Å². The number of halogens is 2. The molecule has 0 aliphatic carbocycles. The van der Waals surface area contributed by atoms with Crippen molar-refractivity contribution >= 4 is 48.5 Å². The number of aliphatic carboxylic acids is 1. The summed E-state index contributed by atoms with van der Waals surface area (Å²) < 4.78 is 46.7. The number of sulfonamides is 1. The summed E-state index contributed by atoms with van der Waals surface area (Å²) >= 11 is 3.02. The number of rotatable bonds is 4. The van der Waals surface area contributed by atoms with Crippen molar-refractivity contribution in [3.63, 3.8) is 0 Å². The van der Waals surface area contributed by atoms with Gasteiger partial charge in [-0.05, 0) is 40.2 Å². The van der Waals surface area contributed by atoms with Crippen molar-refractivity contribution in [3.05, 3.63) is 69.8 Å². The minimum absolute atomic E-state index is 0.0104. The second-order valence-corrected chi connectivity index (χ2v) is 8.54. The molecule has 2 heterocycles. The minimum Gasteiger partial charge on any atom is -0.480 e. The molecule has 0 saturated heterocycles. The first-order valence-electron chi connectivity index (χ1n) is 8.10. The summed E-state index contributed by atoms with van der Waals surface area (Å²) in [4.78, 5) is 11.4. The van der Waals surface area contributed by atoms with E-state index in [-0.39, 0.29) is 21.7 Å². The van der Waals surface area contributed by atoms with Crippen molar-refractivity contribution in [1.29, 1.82) is 0 Å². The van der Waals surface area contributed by atoms with Gasteiger partial charge < -0.3 is 9.84 Å². The fourth-order valence-electron chi connectivity index (χ4n) is 2.98. The maximum Gasteiger partial charge on any atom is 0.373 e. The highest BCUT2D eigenvalue weighted by Gasteiger charge is 2.31. The van der Waals surface area contributed by atoms with Crippen molar-refractivity contribution < 1.29 is 27.4 Å². The van der Waals surface area contributed by atoms with Gasteiger partial charge in [0.05, 0.1) is 6.20 Å². The number of hydrogen-bond acceptors (Lipinski definition) is 6. The first-order valence-corrected chi connectivity index (χ1v) is 10.4. The van der Waals surface area contributed by atoms with Gasteiger partial charge in [-0.2, -0.15) is 10.2 Å². The predicted molar refractivity (Wildman–Crippen MR) is 103 cm³/mol. The van der Waals surface area contributed by atoms with Crippen molar-refractivity contribution in [3.8, 4) is 0 Å². The van der Waals surface area contributed by atoms with Gasteiger partial charge in [-0.25, -0.2) is 17.6 Å². The van der Waals surface area contributed by atoms with Gasteiger partial charge in [0.2, 0.25) is 5.76 Å². The highest BCUT2D eigenvalue weighted by atomic mass is 79.9. The molecule has 29 heavy (non-hydrogen) atoms. The Kier molecular flexibility index (Phi) is 4.71. The van der Waals surface area contributed by atoms with Crippen LogP contribution in [0.5, 0.6) is 0 Å². The van der Waals surface area contributed by atoms with E-state index < -0.39 is 27.6 Å². The molecular weight excluding hydrogens is 469 g/mol. The van der Waals surface area contributed by atoms with E-state index >= 15 is 0 Å². The van der Waals surface area contributed by atoms with E-state index in [0.717, 1.165) is 23.6 Å². The topological polar surface area (TPSA) is 118 Å². The monoisotopic (exact) mass is 479 g/mol. The van der Waals surface area contributed by atoms with E-state index in [2.05, 4.69) is 30.8 Å². The second-order valence-electron chi connectivity index (χ2n) is 6.04. The summed E-state index contributed by atoms with van der Waals surface area (Å²) in [5, 5.41) is 18.1. The van der Waals surface area contributed by atoms with Gasteiger partial charge >= 0.3 is 5.97 Å². The average molecular weight is 480 g/mol. The Morgan fingerprint density at radius 2 is 2.03 bits per heavy atom. The zero-order valence-corrected chi connectivity index (χ0v) is 16.8. The Balaban J connectivity index is 1.88. The molecule has 0 fully saturated rings. The maximum atomic E-state index is 13.3. The van der Waals surface area contributed by atoms with Gasteiger partial charge in [-0.1, -0.05) is 12.1 Å². The first-order chi connectivity index (χ1) is 13.8. The molecule has 2 aromatic carbocycles. The number of carbonyl (C=O) groups is 1. The first kappa shape index (κ1) is 19.3. The number of hydrogen-bond donors (Lipinski definition) is 2. The van der Waals surface area contributed by atoms with Gasteiger partial charge in [-0.15, -0.1) is 0 Å². The van der Waals surface area contributed by atoms with Gasteiger partial charge in [0, 0.05) is 21.0 Å². The summed E-state index contributed by atoms with van der Waals surface area (Å²) in [6, 6.07) is 8.03. The van der Waals surface area contributed by atoms with Crippen molar-refractivity contribution in [2.75, 3.05) is 0 Å². The number of carboxylic acid groups (broad SMARTS) is 1. The number of nitrogens with zero attached hydrogens (tertiary/aromatic N) is 2. The van der Waals surface area contributed by atoms with Crippen molar-refractivity contribution in [1.82, 2.24) is 14.9 Å². The van der Waals surface area contributed by atoms with Crippen molar-refractivity contribution in [2.45, 2.75) is 11.5 Å². The Morgan fingerprint density at radius 3 is 2.76 bits per heavy atom. The molecule has 1 aliphatic heterocycles. The summed E-state index contributed by atoms with van der Waals surface area (Å²) in [5.74, 6) is -2.62. The van der Waals surface area contributed by atoms with Crippen LogP contribution in [-0.4, -0.2) is 29.7 Å². The summed E-state index contributed by atoms with van der Waals surface area (Å²) in [5.41, 5.74) is 1.02. The van der Waals surface area contributed by atoms with Crippen LogP contribution in [0.2, 0.25) is 0 Å². The van der Waals surface area contributed by atoms with Crippen LogP contribution < -0.4 is 4.72 Å². The number of nitrogens with one attached hydrogen (secondary N) is 1. The van der Waals surface area contributed by atoms with Gasteiger partial charge in [0.1, 0.15) is 28.5 Å². The quantitative estimate of drug-likeness (QED) is 0.590. The van der Waals surface area contributed by atoms with Crippen LogP contribution in [0.3, 0.4) is 0 Å². The Morgan fingerprint density at radius 1 is 1.24 bits per heavy atom. The number of aromatic nitrogens is 2. The lowest BCUT2D eigenvalue weighted by Gasteiger charge is -2.23. The molecule has 11 heteroatoms. The van der Waals surface area contributed by atoms with Crippen LogP contribution in [0.1, 0.15) is 11.1 Å². The van der Waals surface area contributed by atoms with E-state index in [1.807, 2.05) is 0 Å². The Hall–Kier alpha value is -3.05. The molecule has 0 spiro atoms. The third-order valence-electron chi connectivity index (χ3n) is 4.26. The van der Waals surface area contributed by atoms with Gasteiger partial charge in [-0.3, -0.25) is 4.72 Å². The summed E-state index contributed by atoms with van der Waals surface area (Å²) in [6.45, 7) is -0.113. The van der Waals surface area contributed by atoms with Crippen LogP contribution in [0, 0.1) is 5.82 Å². The van der Waals surface area contributed by atoms with E-state index in [1.54, 1.807) is 18.2 Å². The average Bonchev–Trinajstić information content (AvgIpc) is 2.67. The molecule has 1 aliphatic rings. The lowest BCUT2D eigenvalue weighted by Crippen LogP contribution is -2.28. The molecule has 2 N–H and O–H groups in total. The molecule has 0 unspecified atom stereocenters. The van der Waals surface area contributed by atoms with Gasteiger partial charge in [0.25, 0.3) is 10.0 Å². The standard InChI is InChI=1S/C18H11BrFN3O5S/c19-13-7-10(20)2-4-14(13)29(26,27)23-16-11-3-1-9-5-6-21-22-15(9)12(11)8-28-17(16)18(24)25/h1-7,23H,8H2,(H,24,25). The number of benzene rings is 2. The molecule has 3 aromatic rings. The smallest absolute Gasteiger partial charge is 0.373 e. The molecule has 1 aromatic heterocycles. The molecule has 0 atom stereocenters. The Bertz CT molecular complexity index is 1310. The molecule has 0 amide bonds. The van der Waals surface area contributed by atoms with E-state index in [0.29, 0.717) is 16.6 Å². The van der Waals surface area contributed by atoms with Crippen LogP contribution >= 0.6 is 15.9 Å². The SMILES string of the molecule is O=C(O)C1=C(NS(=O)(=O)c2ccc(F)cc2Br)c2ccc3ccnnc3c2CO1. The van der Waals surface area contributed by atoms with E-state index in [4.69, 9.17) is 4.74 Å². The molecule has 8 nitrogen and oxygen atoms in total. The van der Waals surface area contributed by atoms with Crippen LogP contribution in [0.15, 0.2) is 57.7 Å². The zero-order chi connectivity index (χ0) is 20.8. The zero-order valence-electron chi connectivity index (χ0n) is 14.4. The molecule has 148 valence electrons. The summed E-state index contributed by atoms with van der Waals surface area (Å²) in [7, 11) is -4.27. The van der Waals surface area contributed by atoms with E-state index in [9.17, 15) is 22.7 Å². The third kappa shape index (κ3) is 3.42. The highest BCUT2D eigenvalue weighted by Crippen LogP contribution is 2.34. The lowest BCUT2D eigenvalue weighted by atomic mass is 9.99. The largest absolute Gasteiger partial charge is 0.480 e. The highest BCUT2D eigenvalue weighted by molar-refractivity contribution is 9.10. The van der Waals surface area contributed by atoms with Crippen LogP contribution in [-0.2, 0) is 26.2 Å². The maximum absolute atomic E-state index is 13.3. The molecule has 4 rings (SSSR count). The number of carboxylic acids is 1. The predicted octanol–water partition coefficient (Wildman–Crippen LogP) is 2.79. The molecule has 0 saturated carbocycles. The van der Waals surface area contributed by atoms with Crippen LogP contribution in [0.4, 0.5) is 4.39 Å². The summed E-state index contributed by atoms with van der Waals surface area (Å²) in [6.07, 6.45) is 1.51. The van der Waals surface area contributed by atoms with E-state index in [1.165, 1.54) is 6.20 Å². The normalized spacial score (nSPS) is 13.7. The van der Waals surface area contributed by atoms with Gasteiger partial charge in [0.15, 0.2) is 0 Å².